The molecular formula is C18H25N5O2. The molecule has 1 aromatic rings. The smallest absolute Gasteiger partial charge is 0.317 e. The van der Waals surface area contributed by atoms with Crippen LogP contribution in [0.1, 0.15) is 44.2 Å². The number of aryl methyl sites for hydroxylation is 1. The number of hydrogen-bond acceptors (Lipinski definition) is 3. The van der Waals surface area contributed by atoms with E-state index >= 15 is 0 Å². The molecule has 2 fully saturated rings. The quantitative estimate of drug-likeness (QED) is 0.852. The Morgan fingerprint density at radius 2 is 2.24 bits per heavy atom. The molecular weight excluding hydrogens is 318 g/mol. The first-order chi connectivity index (χ1) is 12.1. The van der Waals surface area contributed by atoms with E-state index in [2.05, 4.69) is 21.8 Å². The summed E-state index contributed by atoms with van der Waals surface area (Å²) >= 11 is 0. The maximum atomic E-state index is 12.7. The Labute approximate surface area is 147 Å². The van der Waals surface area contributed by atoms with E-state index in [4.69, 9.17) is 0 Å². The fraction of sp³-hybridized carbons (Fsp3) is 0.611. The van der Waals surface area contributed by atoms with E-state index in [9.17, 15) is 9.59 Å². The summed E-state index contributed by atoms with van der Waals surface area (Å²) in [6.45, 7) is 1.31. The van der Waals surface area contributed by atoms with Gasteiger partial charge in [-0.2, -0.15) is 5.10 Å². The van der Waals surface area contributed by atoms with Crippen molar-refractivity contribution in [3.05, 3.63) is 24.0 Å². The molecule has 1 aliphatic carbocycles. The van der Waals surface area contributed by atoms with Crippen LogP contribution in [0.4, 0.5) is 4.79 Å². The highest BCUT2D eigenvalue weighted by Crippen LogP contribution is 2.39. The zero-order valence-corrected chi connectivity index (χ0v) is 14.6. The number of aromatic nitrogens is 2. The van der Waals surface area contributed by atoms with Crippen LogP contribution in [0.3, 0.4) is 0 Å². The Morgan fingerprint density at radius 1 is 1.40 bits per heavy atom. The summed E-state index contributed by atoms with van der Waals surface area (Å²) in [6.07, 6.45) is 9.03. The molecule has 2 N–H and O–H groups in total. The molecule has 0 aromatic carbocycles. The van der Waals surface area contributed by atoms with Crippen LogP contribution in [0, 0.1) is 0 Å². The lowest BCUT2D eigenvalue weighted by Gasteiger charge is -2.51. The van der Waals surface area contributed by atoms with Crippen molar-refractivity contribution in [2.45, 2.75) is 50.1 Å². The molecule has 3 aliphatic rings. The lowest BCUT2D eigenvalue weighted by molar-refractivity contribution is -0.127. The maximum Gasteiger partial charge on any atom is 0.317 e. The van der Waals surface area contributed by atoms with Crippen LogP contribution < -0.4 is 10.6 Å². The van der Waals surface area contributed by atoms with Gasteiger partial charge in [0.15, 0.2) is 0 Å². The number of piperidine rings is 1. The number of hydrogen-bond donors (Lipinski definition) is 2. The van der Waals surface area contributed by atoms with E-state index in [0.29, 0.717) is 19.5 Å². The Morgan fingerprint density at radius 3 is 2.84 bits per heavy atom. The second-order valence-corrected chi connectivity index (χ2v) is 7.36. The van der Waals surface area contributed by atoms with Gasteiger partial charge in [-0.15, -0.1) is 0 Å². The molecule has 134 valence electrons. The van der Waals surface area contributed by atoms with Crippen LogP contribution in [-0.2, 0) is 11.8 Å². The highest BCUT2D eigenvalue weighted by molar-refractivity contribution is 5.80. The minimum atomic E-state index is -0.198. The predicted molar refractivity (Wildman–Crippen MR) is 93.7 cm³/mol. The van der Waals surface area contributed by atoms with Gasteiger partial charge < -0.3 is 15.5 Å². The zero-order chi connectivity index (χ0) is 17.4. The summed E-state index contributed by atoms with van der Waals surface area (Å²) in [5.74, 6) is 0.118. The van der Waals surface area contributed by atoms with Gasteiger partial charge in [0.2, 0.25) is 5.91 Å². The maximum absolute atomic E-state index is 12.7. The highest BCUT2D eigenvalue weighted by Gasteiger charge is 2.48. The van der Waals surface area contributed by atoms with Crippen molar-refractivity contribution in [3.8, 4) is 0 Å². The van der Waals surface area contributed by atoms with E-state index in [1.54, 1.807) is 6.20 Å². The van der Waals surface area contributed by atoms with Gasteiger partial charge in [0.05, 0.1) is 17.3 Å². The van der Waals surface area contributed by atoms with Gasteiger partial charge in [0.1, 0.15) is 0 Å². The van der Waals surface area contributed by atoms with Gasteiger partial charge >= 0.3 is 6.03 Å². The molecule has 1 aromatic heterocycles. The van der Waals surface area contributed by atoms with Crippen LogP contribution in [0.25, 0.3) is 5.57 Å². The third-order valence-corrected chi connectivity index (χ3v) is 5.91. The van der Waals surface area contributed by atoms with E-state index in [-0.39, 0.29) is 23.5 Å². The van der Waals surface area contributed by atoms with E-state index in [1.165, 1.54) is 5.57 Å². The SMILES string of the molecule is Cn1nccc1C1=CCN(C(=O)NC2CCC(=O)NC23CCC3)CC1. The number of carbonyl (C=O) groups excluding carboxylic acids is 2. The Balaban J connectivity index is 1.38. The number of nitrogens with zero attached hydrogens (tertiary/aromatic N) is 3. The molecule has 3 heterocycles. The number of rotatable bonds is 2. The average molecular weight is 343 g/mol. The molecule has 4 rings (SSSR count). The second kappa shape index (κ2) is 6.20. The van der Waals surface area contributed by atoms with Crippen molar-refractivity contribution in [3.63, 3.8) is 0 Å². The summed E-state index contributed by atoms with van der Waals surface area (Å²) in [6, 6.07) is 2.04. The van der Waals surface area contributed by atoms with E-state index in [0.717, 1.165) is 37.8 Å². The lowest BCUT2D eigenvalue weighted by atomic mass is 9.68. The number of amides is 3. The van der Waals surface area contributed by atoms with Gasteiger partial charge in [0, 0.05) is 32.8 Å². The first kappa shape index (κ1) is 16.2. The monoisotopic (exact) mass is 343 g/mol. The molecule has 7 nitrogen and oxygen atoms in total. The van der Waals surface area contributed by atoms with Crippen molar-refractivity contribution >= 4 is 17.5 Å². The van der Waals surface area contributed by atoms with Crippen LogP contribution in [0.5, 0.6) is 0 Å². The number of urea groups is 1. The second-order valence-electron chi connectivity index (χ2n) is 7.36. The highest BCUT2D eigenvalue weighted by atomic mass is 16.2. The van der Waals surface area contributed by atoms with E-state index < -0.39 is 0 Å². The van der Waals surface area contributed by atoms with Gasteiger partial charge in [-0.25, -0.2) is 4.79 Å². The van der Waals surface area contributed by atoms with Crippen molar-refractivity contribution in [2.24, 2.45) is 7.05 Å². The van der Waals surface area contributed by atoms with Crippen LogP contribution in [0.2, 0.25) is 0 Å². The van der Waals surface area contributed by atoms with Crippen LogP contribution >= 0.6 is 0 Å². The van der Waals surface area contributed by atoms with Crippen LogP contribution in [-0.4, -0.2) is 51.3 Å². The molecule has 2 aliphatic heterocycles. The molecule has 1 atom stereocenters. The molecule has 1 spiro atoms. The van der Waals surface area contributed by atoms with Gasteiger partial charge in [-0.05, 0) is 43.7 Å². The Kier molecular flexibility index (Phi) is 4.01. The van der Waals surface area contributed by atoms with Crippen molar-refractivity contribution in [2.75, 3.05) is 13.1 Å². The summed E-state index contributed by atoms with van der Waals surface area (Å²) in [5, 5.41) is 10.5. The fourth-order valence-electron chi connectivity index (χ4n) is 4.24. The third-order valence-electron chi connectivity index (χ3n) is 5.91. The molecule has 1 saturated carbocycles. The largest absolute Gasteiger partial charge is 0.349 e. The van der Waals surface area contributed by atoms with Gasteiger partial charge in [-0.3, -0.25) is 9.48 Å². The molecule has 0 bridgehead atoms. The molecule has 7 heteroatoms. The van der Waals surface area contributed by atoms with Gasteiger partial charge in [-0.1, -0.05) is 6.08 Å². The molecule has 25 heavy (non-hydrogen) atoms. The lowest BCUT2D eigenvalue weighted by Crippen LogP contribution is -2.69. The van der Waals surface area contributed by atoms with Gasteiger partial charge in [0.25, 0.3) is 0 Å². The predicted octanol–water partition coefficient (Wildman–Crippen LogP) is 1.42. The van der Waals surface area contributed by atoms with Crippen molar-refractivity contribution in [1.29, 1.82) is 0 Å². The number of nitrogens with one attached hydrogen (secondary N) is 2. The zero-order valence-electron chi connectivity index (χ0n) is 14.6. The summed E-state index contributed by atoms with van der Waals surface area (Å²) in [5.41, 5.74) is 2.16. The Bertz CT molecular complexity index is 719. The first-order valence-electron chi connectivity index (χ1n) is 9.11. The van der Waals surface area contributed by atoms with E-state index in [1.807, 2.05) is 22.7 Å². The van der Waals surface area contributed by atoms with Crippen molar-refractivity contribution < 1.29 is 9.59 Å². The fourth-order valence-corrected chi connectivity index (χ4v) is 4.24. The Hall–Kier alpha value is -2.31. The summed E-state index contributed by atoms with van der Waals surface area (Å²) in [7, 11) is 1.94. The summed E-state index contributed by atoms with van der Waals surface area (Å²) < 4.78 is 1.87. The third kappa shape index (κ3) is 2.92. The average Bonchev–Trinajstić information content (AvgIpc) is 3.01. The van der Waals surface area contributed by atoms with Crippen LogP contribution in [0.15, 0.2) is 18.3 Å². The minimum absolute atomic E-state index is 0.0206. The van der Waals surface area contributed by atoms with Crippen molar-refractivity contribution in [1.82, 2.24) is 25.3 Å². The minimum Gasteiger partial charge on any atom is -0.349 e. The summed E-state index contributed by atoms with van der Waals surface area (Å²) in [4.78, 5) is 26.3. The molecule has 0 radical (unpaired) electrons. The molecule has 1 saturated heterocycles. The first-order valence-corrected chi connectivity index (χ1v) is 9.11. The molecule has 3 amide bonds. The standard InChI is InChI=1S/C18H25N5O2/c1-22-14(5-10-19-22)13-6-11-23(12-7-13)17(25)20-15-3-4-16(24)21-18(15)8-2-9-18/h5-6,10,15H,2-4,7-9,11-12H2,1H3,(H,20,25)(H,21,24). The topological polar surface area (TPSA) is 79.3 Å². The molecule has 1 unspecified atom stereocenters. The normalized spacial score (nSPS) is 25.2. The number of carbonyl (C=O) groups is 2.